The van der Waals surface area contributed by atoms with Gasteiger partial charge in [0.25, 0.3) is 15.9 Å². The monoisotopic (exact) mass is 401 g/mol. The lowest BCUT2D eigenvalue weighted by Crippen LogP contribution is -2.30. The van der Waals surface area contributed by atoms with Crippen molar-refractivity contribution in [3.05, 3.63) is 52.3 Å². The first-order chi connectivity index (χ1) is 11.8. The van der Waals surface area contributed by atoms with Crippen LogP contribution in [0, 0.1) is 0 Å². The van der Waals surface area contributed by atoms with E-state index in [1.54, 1.807) is 23.1 Å². The third-order valence-corrected chi connectivity index (χ3v) is 5.51. The maximum Gasteiger partial charge on any atom is 0.264 e. The Labute approximate surface area is 156 Å². The number of rotatable bonds is 6. The number of sulfonamides is 1. The molecule has 0 atom stereocenters. The second-order valence-electron chi connectivity index (χ2n) is 5.09. The van der Waals surface area contributed by atoms with Crippen LogP contribution in [0.25, 0.3) is 0 Å². The molecule has 0 saturated heterocycles. The van der Waals surface area contributed by atoms with Crippen LogP contribution in [0.1, 0.15) is 24.2 Å². The molecule has 0 radical (unpaired) electrons. The van der Waals surface area contributed by atoms with E-state index in [1.165, 1.54) is 18.2 Å². The van der Waals surface area contributed by atoms with Crippen LogP contribution >= 0.6 is 23.2 Å². The highest BCUT2D eigenvalue weighted by Gasteiger charge is 2.20. The van der Waals surface area contributed by atoms with Crippen LogP contribution in [0.5, 0.6) is 0 Å². The lowest BCUT2D eigenvalue weighted by Gasteiger charge is -2.19. The summed E-state index contributed by atoms with van der Waals surface area (Å²) in [5, 5.41) is -0.133. The van der Waals surface area contributed by atoms with Crippen molar-refractivity contribution in [3.8, 4) is 0 Å². The van der Waals surface area contributed by atoms with Crippen LogP contribution in [0.3, 0.4) is 0 Å². The van der Waals surface area contributed by atoms with Crippen LogP contribution in [0.15, 0.2) is 41.3 Å². The molecule has 0 spiro atoms. The minimum absolute atomic E-state index is 0.0933. The molecule has 0 fully saturated rings. The molecule has 1 heterocycles. The Bertz CT molecular complexity index is 884. The summed E-state index contributed by atoms with van der Waals surface area (Å²) in [7, 11) is -3.96. The first-order valence-corrected chi connectivity index (χ1v) is 9.76. The Kier molecular flexibility index (Phi) is 6.26. The normalized spacial score (nSPS) is 11.2. The third-order valence-electron chi connectivity index (χ3n) is 3.48. The predicted octanol–water partition coefficient (Wildman–Crippen LogP) is 3.67. The SMILES string of the molecule is CCN(CC)C(=O)c1cccc(NS(=O)(=O)c2ccc(Cl)nc2Cl)c1. The van der Waals surface area contributed by atoms with Gasteiger partial charge in [-0.3, -0.25) is 9.52 Å². The zero-order valence-electron chi connectivity index (χ0n) is 13.7. The number of pyridine rings is 1. The van der Waals surface area contributed by atoms with Gasteiger partial charge in [0.05, 0.1) is 0 Å². The first kappa shape index (κ1) is 19.5. The first-order valence-electron chi connectivity index (χ1n) is 7.52. The molecule has 134 valence electrons. The number of benzene rings is 1. The summed E-state index contributed by atoms with van der Waals surface area (Å²) >= 11 is 11.6. The van der Waals surface area contributed by atoms with Gasteiger partial charge in [-0.1, -0.05) is 29.3 Å². The molecule has 2 rings (SSSR count). The minimum Gasteiger partial charge on any atom is -0.339 e. The van der Waals surface area contributed by atoms with Gasteiger partial charge in [0, 0.05) is 24.3 Å². The zero-order valence-corrected chi connectivity index (χ0v) is 16.0. The predicted molar refractivity (Wildman–Crippen MR) is 98.8 cm³/mol. The Morgan fingerprint density at radius 2 is 1.84 bits per heavy atom. The summed E-state index contributed by atoms with van der Waals surface area (Å²) in [5.41, 5.74) is 0.647. The van der Waals surface area contributed by atoms with E-state index in [0.29, 0.717) is 18.7 Å². The molecule has 1 aromatic carbocycles. The van der Waals surface area contributed by atoms with E-state index >= 15 is 0 Å². The van der Waals surface area contributed by atoms with Gasteiger partial charge in [0.15, 0.2) is 5.15 Å². The highest BCUT2D eigenvalue weighted by molar-refractivity contribution is 7.92. The van der Waals surface area contributed by atoms with Crippen LogP contribution in [0.4, 0.5) is 5.69 Å². The third kappa shape index (κ3) is 4.62. The van der Waals surface area contributed by atoms with Crippen molar-refractivity contribution in [1.29, 1.82) is 0 Å². The van der Waals surface area contributed by atoms with Crippen molar-refractivity contribution < 1.29 is 13.2 Å². The van der Waals surface area contributed by atoms with Crippen molar-refractivity contribution in [3.63, 3.8) is 0 Å². The second-order valence-corrected chi connectivity index (χ2v) is 7.48. The van der Waals surface area contributed by atoms with Gasteiger partial charge < -0.3 is 4.90 Å². The average molecular weight is 402 g/mol. The van der Waals surface area contributed by atoms with E-state index in [-0.39, 0.29) is 26.8 Å². The van der Waals surface area contributed by atoms with Crippen LogP contribution in [-0.2, 0) is 10.0 Å². The van der Waals surface area contributed by atoms with Gasteiger partial charge in [-0.05, 0) is 44.2 Å². The Morgan fingerprint density at radius 1 is 1.16 bits per heavy atom. The van der Waals surface area contributed by atoms with Crippen molar-refractivity contribution in [2.75, 3.05) is 17.8 Å². The fourth-order valence-corrected chi connectivity index (χ4v) is 3.93. The second kappa shape index (κ2) is 8.03. The van der Waals surface area contributed by atoms with Gasteiger partial charge in [-0.2, -0.15) is 0 Å². The van der Waals surface area contributed by atoms with Crippen molar-refractivity contribution in [2.45, 2.75) is 18.7 Å². The van der Waals surface area contributed by atoms with Gasteiger partial charge in [0.2, 0.25) is 0 Å². The molecule has 6 nitrogen and oxygen atoms in total. The number of aromatic nitrogens is 1. The van der Waals surface area contributed by atoms with E-state index in [4.69, 9.17) is 23.2 Å². The number of amides is 1. The molecule has 0 unspecified atom stereocenters. The van der Waals surface area contributed by atoms with Crippen LogP contribution < -0.4 is 4.72 Å². The molecule has 0 saturated carbocycles. The molecule has 0 aliphatic heterocycles. The van der Waals surface area contributed by atoms with Gasteiger partial charge >= 0.3 is 0 Å². The van der Waals surface area contributed by atoms with Gasteiger partial charge in [-0.15, -0.1) is 0 Å². The number of carbonyl (C=O) groups excluding carboxylic acids is 1. The molecule has 0 aliphatic rings. The molecule has 1 aromatic heterocycles. The quantitative estimate of drug-likeness (QED) is 0.748. The maximum atomic E-state index is 12.5. The Morgan fingerprint density at radius 3 is 2.44 bits per heavy atom. The number of hydrogen-bond donors (Lipinski definition) is 1. The number of nitrogens with one attached hydrogen (secondary N) is 1. The Hall–Kier alpha value is -1.83. The van der Waals surface area contributed by atoms with E-state index in [1.807, 2.05) is 13.8 Å². The minimum atomic E-state index is -3.96. The highest BCUT2D eigenvalue weighted by Crippen LogP contribution is 2.24. The van der Waals surface area contributed by atoms with Crippen LogP contribution in [-0.4, -0.2) is 37.3 Å². The van der Waals surface area contributed by atoms with E-state index in [9.17, 15) is 13.2 Å². The molecule has 25 heavy (non-hydrogen) atoms. The summed E-state index contributed by atoms with van der Waals surface area (Å²) in [5.74, 6) is -0.169. The molecule has 9 heteroatoms. The molecule has 1 N–H and O–H groups in total. The molecule has 2 aromatic rings. The van der Waals surface area contributed by atoms with Gasteiger partial charge in [-0.25, -0.2) is 13.4 Å². The summed E-state index contributed by atoms with van der Waals surface area (Å²) < 4.78 is 27.4. The van der Waals surface area contributed by atoms with E-state index in [0.717, 1.165) is 0 Å². The fourth-order valence-electron chi connectivity index (χ4n) is 2.22. The molecule has 0 bridgehead atoms. The van der Waals surface area contributed by atoms with Crippen molar-refractivity contribution >= 4 is 44.8 Å². The van der Waals surface area contributed by atoms with Crippen molar-refractivity contribution in [1.82, 2.24) is 9.88 Å². The van der Waals surface area contributed by atoms with Crippen molar-refractivity contribution in [2.24, 2.45) is 0 Å². The van der Waals surface area contributed by atoms with Gasteiger partial charge in [0.1, 0.15) is 10.0 Å². The topological polar surface area (TPSA) is 79.4 Å². The largest absolute Gasteiger partial charge is 0.339 e. The molecule has 0 aliphatic carbocycles. The highest BCUT2D eigenvalue weighted by atomic mass is 35.5. The summed E-state index contributed by atoms with van der Waals surface area (Å²) in [6.45, 7) is 4.89. The van der Waals surface area contributed by atoms with E-state index < -0.39 is 10.0 Å². The summed E-state index contributed by atoms with van der Waals surface area (Å²) in [6, 6.07) is 8.88. The number of nitrogens with zero attached hydrogens (tertiary/aromatic N) is 2. The molecule has 1 amide bonds. The average Bonchev–Trinajstić information content (AvgIpc) is 2.55. The number of carbonyl (C=O) groups is 1. The summed E-state index contributed by atoms with van der Waals surface area (Å²) in [6.07, 6.45) is 0. The molecular weight excluding hydrogens is 385 g/mol. The number of halogens is 2. The zero-order chi connectivity index (χ0) is 18.6. The number of hydrogen-bond acceptors (Lipinski definition) is 4. The van der Waals surface area contributed by atoms with E-state index in [2.05, 4.69) is 9.71 Å². The maximum absolute atomic E-state index is 12.5. The van der Waals surface area contributed by atoms with Crippen LogP contribution in [0.2, 0.25) is 10.3 Å². The number of anilines is 1. The smallest absolute Gasteiger partial charge is 0.264 e. The Balaban J connectivity index is 2.31. The summed E-state index contributed by atoms with van der Waals surface area (Å²) in [4.78, 5) is 17.6. The standard InChI is InChI=1S/C16H17Cl2N3O3S/c1-3-21(4-2)16(22)11-6-5-7-12(10-11)20-25(23,24)13-8-9-14(17)19-15(13)18/h5-10,20H,3-4H2,1-2H3. The molecular formula is C16H17Cl2N3O3S. The fraction of sp³-hybridized carbons (Fsp3) is 0.250. The lowest BCUT2D eigenvalue weighted by molar-refractivity contribution is 0.0773. The lowest BCUT2D eigenvalue weighted by atomic mass is 10.2.